The van der Waals surface area contributed by atoms with E-state index in [9.17, 15) is 9.59 Å². The van der Waals surface area contributed by atoms with Crippen molar-refractivity contribution in [2.75, 3.05) is 26.7 Å². The third kappa shape index (κ3) is 4.12. The average molecular weight is 575 g/mol. The second kappa shape index (κ2) is 10.2. The number of ether oxygens (including phenoxy) is 3. The number of nitrogens with zero attached hydrogens (tertiary/aromatic N) is 2. The number of hydrogen-bond acceptors (Lipinski definition) is 7. The van der Waals surface area contributed by atoms with Crippen molar-refractivity contribution in [2.45, 2.75) is 88.5 Å². The van der Waals surface area contributed by atoms with Gasteiger partial charge in [-0.1, -0.05) is 19.9 Å². The molecule has 3 fully saturated rings. The second-order valence-corrected chi connectivity index (χ2v) is 13.4. The van der Waals surface area contributed by atoms with Gasteiger partial charge in [-0.15, -0.1) is 0 Å². The third-order valence-corrected chi connectivity index (χ3v) is 10.4. The number of methoxy groups -OCH3 is 1. The molecule has 2 aliphatic heterocycles. The van der Waals surface area contributed by atoms with Crippen molar-refractivity contribution >= 4 is 18.0 Å². The molecule has 1 spiro atoms. The number of carbonyl (C=O) groups excluding carboxylic acids is 2. The van der Waals surface area contributed by atoms with Gasteiger partial charge in [-0.2, -0.15) is 0 Å². The topological polar surface area (TPSA) is 81.5 Å². The van der Waals surface area contributed by atoms with E-state index >= 15 is 0 Å². The summed E-state index contributed by atoms with van der Waals surface area (Å²) in [6.07, 6.45) is 11.9. The molecule has 2 aromatic rings. The number of benzene rings is 1. The molecule has 8 nitrogen and oxygen atoms in total. The summed E-state index contributed by atoms with van der Waals surface area (Å²) in [4.78, 5) is 31.6. The molecule has 1 amide bonds. The smallest absolute Gasteiger partial charge is 0.303 e. The molecule has 3 aliphatic carbocycles. The van der Waals surface area contributed by atoms with Crippen molar-refractivity contribution in [2.24, 2.45) is 11.8 Å². The van der Waals surface area contributed by atoms with Gasteiger partial charge in [0.25, 0.3) is 0 Å². The van der Waals surface area contributed by atoms with Gasteiger partial charge in [-0.3, -0.25) is 14.5 Å². The van der Waals surface area contributed by atoms with Crippen LogP contribution in [0.15, 0.2) is 41.2 Å². The van der Waals surface area contributed by atoms with Crippen LogP contribution in [0.25, 0.3) is 6.08 Å². The van der Waals surface area contributed by atoms with E-state index in [1.165, 1.54) is 18.4 Å². The zero-order valence-corrected chi connectivity index (χ0v) is 25.1. The molecule has 0 N–H and O–H groups in total. The van der Waals surface area contributed by atoms with Crippen LogP contribution >= 0.6 is 0 Å². The molecule has 1 saturated heterocycles. The summed E-state index contributed by atoms with van der Waals surface area (Å²) in [5.41, 5.74) is 1.96. The lowest BCUT2D eigenvalue weighted by atomic mass is 9.48. The fraction of sp³-hybridized carbons (Fsp3) is 0.588. The first kappa shape index (κ1) is 27.6. The summed E-state index contributed by atoms with van der Waals surface area (Å²) < 4.78 is 24.7. The first-order chi connectivity index (χ1) is 20.3. The van der Waals surface area contributed by atoms with Crippen LogP contribution < -0.4 is 9.47 Å². The summed E-state index contributed by atoms with van der Waals surface area (Å²) in [6.45, 7) is 8.40. The zero-order chi connectivity index (χ0) is 29.2. The summed E-state index contributed by atoms with van der Waals surface area (Å²) in [5, 5.41) is 0. The van der Waals surface area contributed by atoms with Gasteiger partial charge in [-0.25, -0.2) is 0 Å². The molecule has 224 valence electrons. The number of piperidine rings is 1. The lowest BCUT2D eigenvalue weighted by Gasteiger charge is -2.65. The van der Waals surface area contributed by atoms with E-state index in [0.29, 0.717) is 25.1 Å². The van der Waals surface area contributed by atoms with Gasteiger partial charge in [0.2, 0.25) is 5.91 Å². The lowest BCUT2D eigenvalue weighted by Crippen LogP contribution is -2.79. The Hall–Kier alpha value is -3.26. The molecular weight excluding hydrogens is 532 g/mol. The Morgan fingerprint density at radius 2 is 2.02 bits per heavy atom. The Balaban J connectivity index is 1.36. The van der Waals surface area contributed by atoms with E-state index in [-0.39, 0.29) is 36.0 Å². The predicted molar refractivity (Wildman–Crippen MR) is 157 cm³/mol. The third-order valence-electron chi connectivity index (χ3n) is 10.4. The Kier molecular flexibility index (Phi) is 6.68. The van der Waals surface area contributed by atoms with E-state index < -0.39 is 11.0 Å². The monoisotopic (exact) mass is 574 g/mol. The van der Waals surface area contributed by atoms with E-state index in [1.807, 2.05) is 23.1 Å². The van der Waals surface area contributed by atoms with Crippen LogP contribution in [-0.2, 0) is 26.2 Å². The minimum Gasteiger partial charge on any atom is -0.493 e. The standard InChI is InChI=1S/C34H42N2O6/c1-21(2)18-36(29(38)10-7-24-12-16-40-20-24)26-11-13-34(42-22(3)37)28-17-25-8-9-27(39-4)31-30(25)33(34,32(26)41-31)14-15-35(28)19-23-5-6-23/h7-10,12,16,20-21,23,26,28,32H,5-6,11,13-15,17-19H2,1-4H3/b10-7+/t26-,28+,32-,33-,34+/m0/s1. The molecule has 42 heavy (non-hydrogen) atoms. The normalized spacial score (nSPS) is 31.1. The Bertz CT molecular complexity index is 1400. The number of hydrogen-bond donors (Lipinski definition) is 0. The number of likely N-dealkylation sites (tertiary alicyclic amines) is 1. The van der Waals surface area contributed by atoms with Gasteiger partial charge in [0.1, 0.15) is 11.7 Å². The molecule has 2 saturated carbocycles. The van der Waals surface area contributed by atoms with Crippen LogP contribution in [0.5, 0.6) is 11.5 Å². The molecule has 8 heteroatoms. The number of carbonyl (C=O) groups is 2. The van der Waals surface area contributed by atoms with Crippen LogP contribution in [0, 0.1) is 11.8 Å². The van der Waals surface area contributed by atoms with Crippen LogP contribution in [0.2, 0.25) is 0 Å². The van der Waals surface area contributed by atoms with Crippen LogP contribution in [-0.4, -0.2) is 72.2 Å². The van der Waals surface area contributed by atoms with Crippen molar-refractivity contribution in [3.8, 4) is 11.5 Å². The van der Waals surface area contributed by atoms with Gasteiger partial charge in [-0.05, 0) is 80.7 Å². The second-order valence-electron chi connectivity index (χ2n) is 13.4. The maximum atomic E-state index is 14.0. The van der Waals surface area contributed by atoms with E-state index in [0.717, 1.165) is 48.7 Å². The minimum absolute atomic E-state index is 0.0449. The molecule has 3 heterocycles. The lowest BCUT2D eigenvalue weighted by molar-refractivity contribution is -0.224. The molecule has 2 bridgehead atoms. The number of rotatable bonds is 9. The summed E-state index contributed by atoms with van der Waals surface area (Å²) in [6, 6.07) is 5.93. The quantitative estimate of drug-likeness (QED) is 0.308. The van der Waals surface area contributed by atoms with Gasteiger partial charge in [0.05, 0.1) is 37.1 Å². The molecule has 5 aliphatic rings. The molecule has 0 radical (unpaired) electrons. The summed E-state index contributed by atoms with van der Waals surface area (Å²) >= 11 is 0. The molecule has 7 rings (SSSR count). The molecular formula is C34H42N2O6. The average Bonchev–Trinajstić information content (AvgIpc) is 3.47. The maximum absolute atomic E-state index is 14.0. The SMILES string of the molecule is COc1ccc2c3c1O[C@H]1[C@@H](N(CC(C)C)C(=O)/C=C/c4ccoc4)CC[C@@]4(OC(C)=O)[C@@H](C2)N(CC2CC2)CC[C@]314. The Labute approximate surface area is 248 Å². The van der Waals surface area contributed by atoms with Gasteiger partial charge in [0, 0.05) is 37.2 Å². The number of amides is 1. The minimum atomic E-state index is -0.725. The van der Waals surface area contributed by atoms with Crippen molar-refractivity contribution in [1.29, 1.82) is 0 Å². The fourth-order valence-corrected chi connectivity index (χ4v) is 8.77. The van der Waals surface area contributed by atoms with E-state index in [4.69, 9.17) is 18.6 Å². The van der Waals surface area contributed by atoms with Crippen LogP contribution in [0.1, 0.15) is 69.6 Å². The van der Waals surface area contributed by atoms with Gasteiger partial charge < -0.3 is 23.5 Å². The Morgan fingerprint density at radius 3 is 2.71 bits per heavy atom. The van der Waals surface area contributed by atoms with Gasteiger partial charge >= 0.3 is 5.97 Å². The summed E-state index contributed by atoms with van der Waals surface area (Å²) in [5.74, 6) is 2.17. The number of furan rings is 1. The van der Waals surface area contributed by atoms with Crippen molar-refractivity contribution in [3.63, 3.8) is 0 Å². The predicted octanol–water partition coefficient (Wildman–Crippen LogP) is 4.99. The highest BCUT2D eigenvalue weighted by molar-refractivity contribution is 5.92. The van der Waals surface area contributed by atoms with Crippen LogP contribution in [0.3, 0.4) is 0 Å². The van der Waals surface area contributed by atoms with E-state index in [1.54, 1.807) is 32.6 Å². The highest BCUT2D eigenvalue weighted by Gasteiger charge is 2.75. The largest absolute Gasteiger partial charge is 0.493 e. The van der Waals surface area contributed by atoms with Crippen LogP contribution in [0.4, 0.5) is 0 Å². The zero-order valence-electron chi connectivity index (χ0n) is 25.1. The first-order valence-electron chi connectivity index (χ1n) is 15.6. The van der Waals surface area contributed by atoms with Crippen molar-refractivity contribution in [3.05, 3.63) is 53.5 Å². The molecule has 1 aromatic carbocycles. The molecule has 0 unspecified atom stereocenters. The van der Waals surface area contributed by atoms with Crippen molar-refractivity contribution < 1.29 is 28.2 Å². The molecule has 1 aromatic heterocycles. The maximum Gasteiger partial charge on any atom is 0.303 e. The Morgan fingerprint density at radius 1 is 1.19 bits per heavy atom. The number of esters is 1. The highest BCUT2D eigenvalue weighted by Crippen LogP contribution is 2.67. The highest BCUT2D eigenvalue weighted by atomic mass is 16.6. The van der Waals surface area contributed by atoms with Crippen molar-refractivity contribution in [1.82, 2.24) is 9.80 Å². The summed E-state index contributed by atoms with van der Waals surface area (Å²) in [7, 11) is 1.68. The molecule has 5 atom stereocenters. The van der Waals surface area contributed by atoms with E-state index in [2.05, 4.69) is 24.8 Å². The fourth-order valence-electron chi connectivity index (χ4n) is 8.77. The first-order valence-corrected chi connectivity index (χ1v) is 15.6. The van der Waals surface area contributed by atoms with Gasteiger partial charge in [0.15, 0.2) is 11.5 Å².